The van der Waals surface area contributed by atoms with Gasteiger partial charge in [-0.25, -0.2) is 4.98 Å². The van der Waals surface area contributed by atoms with Crippen molar-refractivity contribution in [3.05, 3.63) is 16.1 Å². The van der Waals surface area contributed by atoms with Crippen molar-refractivity contribution in [2.75, 3.05) is 0 Å². The number of aromatic nitrogens is 1. The minimum Gasteiger partial charge on any atom is -0.393 e. The second-order valence-corrected chi connectivity index (χ2v) is 6.47. The molecule has 4 nitrogen and oxygen atoms in total. The maximum atomic E-state index is 11.9. The molecule has 1 aromatic rings. The highest BCUT2D eigenvalue weighted by Gasteiger charge is 2.21. The topological polar surface area (TPSA) is 62.2 Å². The zero-order valence-corrected chi connectivity index (χ0v) is 12.4. The van der Waals surface area contributed by atoms with Gasteiger partial charge in [0.05, 0.1) is 23.2 Å². The van der Waals surface area contributed by atoms with Crippen molar-refractivity contribution in [3.8, 4) is 0 Å². The maximum Gasteiger partial charge on any atom is 0.226 e. The molecule has 0 saturated heterocycles. The average Bonchev–Trinajstić information content (AvgIpc) is 2.80. The van der Waals surface area contributed by atoms with Gasteiger partial charge < -0.3 is 10.4 Å². The zero-order valence-electron chi connectivity index (χ0n) is 11.6. The van der Waals surface area contributed by atoms with Crippen molar-refractivity contribution in [1.82, 2.24) is 10.3 Å². The molecule has 0 atom stereocenters. The first-order valence-corrected chi connectivity index (χ1v) is 7.84. The fraction of sp³-hybridized carbons (Fsp3) is 0.714. The Kier molecular flexibility index (Phi) is 4.93. The van der Waals surface area contributed by atoms with E-state index in [1.54, 1.807) is 11.3 Å². The van der Waals surface area contributed by atoms with E-state index in [0.29, 0.717) is 12.3 Å². The van der Waals surface area contributed by atoms with Gasteiger partial charge in [-0.2, -0.15) is 0 Å². The van der Waals surface area contributed by atoms with Gasteiger partial charge >= 0.3 is 0 Å². The summed E-state index contributed by atoms with van der Waals surface area (Å²) in [6.45, 7) is 4.21. The summed E-state index contributed by atoms with van der Waals surface area (Å²) in [6.07, 6.45) is 3.52. The average molecular weight is 282 g/mol. The summed E-state index contributed by atoms with van der Waals surface area (Å²) in [7, 11) is 0. The molecule has 0 spiro atoms. The minimum absolute atomic E-state index is 0.0435. The van der Waals surface area contributed by atoms with Crippen LogP contribution in [0.4, 0.5) is 0 Å². The summed E-state index contributed by atoms with van der Waals surface area (Å²) >= 11 is 1.62. The standard InChI is InChI=1S/C14H22N2O2S/c1-9(2)14-16-11(8-19-14)7-13(18)15-10-3-5-12(17)6-4-10/h8-10,12,17H,3-7H2,1-2H3,(H,15,18). The van der Waals surface area contributed by atoms with Crippen molar-refractivity contribution in [2.45, 2.75) is 64.0 Å². The predicted molar refractivity (Wildman–Crippen MR) is 76.3 cm³/mol. The predicted octanol–water partition coefficient (Wildman–Crippen LogP) is 2.23. The number of hydrogen-bond acceptors (Lipinski definition) is 4. The van der Waals surface area contributed by atoms with Gasteiger partial charge in [-0.05, 0) is 25.7 Å². The lowest BCUT2D eigenvalue weighted by Gasteiger charge is -2.26. The fourth-order valence-electron chi connectivity index (χ4n) is 2.33. The lowest BCUT2D eigenvalue weighted by molar-refractivity contribution is -0.121. The monoisotopic (exact) mass is 282 g/mol. The van der Waals surface area contributed by atoms with E-state index in [-0.39, 0.29) is 18.1 Å². The van der Waals surface area contributed by atoms with E-state index in [1.165, 1.54) is 0 Å². The minimum atomic E-state index is -0.180. The number of thiazole rings is 1. The van der Waals surface area contributed by atoms with Crippen LogP contribution >= 0.6 is 11.3 Å². The molecule has 19 heavy (non-hydrogen) atoms. The molecule has 0 aliphatic heterocycles. The highest BCUT2D eigenvalue weighted by atomic mass is 32.1. The van der Waals surface area contributed by atoms with Crippen LogP contribution in [0.15, 0.2) is 5.38 Å². The van der Waals surface area contributed by atoms with Gasteiger partial charge in [0, 0.05) is 17.3 Å². The van der Waals surface area contributed by atoms with Crippen LogP contribution < -0.4 is 5.32 Å². The van der Waals surface area contributed by atoms with E-state index >= 15 is 0 Å². The van der Waals surface area contributed by atoms with Gasteiger partial charge in [-0.15, -0.1) is 11.3 Å². The van der Waals surface area contributed by atoms with Crippen molar-refractivity contribution in [2.24, 2.45) is 0 Å². The van der Waals surface area contributed by atoms with Crippen LogP contribution in [0.3, 0.4) is 0 Å². The molecule has 1 heterocycles. The number of nitrogens with one attached hydrogen (secondary N) is 1. The summed E-state index contributed by atoms with van der Waals surface area (Å²) in [6, 6.07) is 0.221. The van der Waals surface area contributed by atoms with E-state index in [1.807, 2.05) is 5.38 Å². The summed E-state index contributed by atoms with van der Waals surface area (Å²) < 4.78 is 0. The molecule has 0 unspecified atom stereocenters. The third-order valence-corrected chi connectivity index (χ3v) is 4.66. The first kappa shape index (κ1) is 14.5. The molecule has 1 fully saturated rings. The molecule has 0 radical (unpaired) electrons. The zero-order chi connectivity index (χ0) is 13.8. The first-order valence-electron chi connectivity index (χ1n) is 6.96. The Balaban J connectivity index is 1.80. The molecule has 1 aliphatic carbocycles. The SMILES string of the molecule is CC(C)c1nc(CC(=O)NC2CCC(O)CC2)cs1. The molecule has 2 rings (SSSR count). The molecule has 5 heteroatoms. The van der Waals surface area contributed by atoms with Crippen LogP contribution in [-0.4, -0.2) is 28.1 Å². The van der Waals surface area contributed by atoms with Gasteiger partial charge in [-0.3, -0.25) is 4.79 Å². The molecule has 0 aromatic carbocycles. The van der Waals surface area contributed by atoms with Gasteiger partial charge in [0.2, 0.25) is 5.91 Å². The number of hydrogen-bond donors (Lipinski definition) is 2. The van der Waals surface area contributed by atoms with E-state index in [0.717, 1.165) is 36.4 Å². The Hall–Kier alpha value is -0.940. The van der Waals surface area contributed by atoms with Crippen LogP contribution in [0.25, 0.3) is 0 Å². The summed E-state index contributed by atoms with van der Waals surface area (Å²) in [4.78, 5) is 16.4. The highest BCUT2D eigenvalue weighted by molar-refractivity contribution is 7.09. The molecule has 1 amide bonds. The largest absolute Gasteiger partial charge is 0.393 e. The Morgan fingerprint density at radius 2 is 2.16 bits per heavy atom. The summed E-state index contributed by atoms with van der Waals surface area (Å²) in [5, 5.41) is 15.5. The molecule has 1 aromatic heterocycles. The number of carbonyl (C=O) groups is 1. The Bertz CT molecular complexity index is 423. The summed E-state index contributed by atoms with van der Waals surface area (Å²) in [5.74, 6) is 0.462. The van der Waals surface area contributed by atoms with Crippen LogP contribution in [0.1, 0.15) is 56.2 Å². The molecular weight excluding hydrogens is 260 g/mol. The summed E-state index contributed by atoms with van der Waals surface area (Å²) in [5.41, 5.74) is 0.863. The second kappa shape index (κ2) is 6.48. The Morgan fingerprint density at radius 3 is 2.74 bits per heavy atom. The first-order chi connectivity index (χ1) is 9.04. The van der Waals surface area contributed by atoms with E-state index < -0.39 is 0 Å². The number of nitrogens with zero attached hydrogens (tertiary/aromatic N) is 1. The Morgan fingerprint density at radius 1 is 1.47 bits per heavy atom. The molecular formula is C14H22N2O2S. The molecule has 2 N–H and O–H groups in total. The van der Waals surface area contributed by atoms with Crippen molar-refractivity contribution < 1.29 is 9.90 Å². The molecule has 1 aliphatic rings. The van der Waals surface area contributed by atoms with Crippen molar-refractivity contribution in [3.63, 3.8) is 0 Å². The second-order valence-electron chi connectivity index (χ2n) is 5.58. The molecule has 0 bridgehead atoms. The van der Waals surface area contributed by atoms with E-state index in [9.17, 15) is 9.90 Å². The van der Waals surface area contributed by atoms with E-state index in [2.05, 4.69) is 24.1 Å². The fourth-order valence-corrected chi connectivity index (χ4v) is 3.17. The van der Waals surface area contributed by atoms with Crippen LogP contribution in [0.2, 0.25) is 0 Å². The number of amides is 1. The third-order valence-electron chi connectivity index (χ3n) is 3.47. The van der Waals surface area contributed by atoms with Gasteiger partial charge in [0.1, 0.15) is 0 Å². The highest BCUT2D eigenvalue weighted by Crippen LogP contribution is 2.20. The van der Waals surface area contributed by atoms with Crippen LogP contribution in [0.5, 0.6) is 0 Å². The maximum absolute atomic E-state index is 11.9. The van der Waals surface area contributed by atoms with Crippen molar-refractivity contribution >= 4 is 17.2 Å². The van der Waals surface area contributed by atoms with Gasteiger partial charge in [0.25, 0.3) is 0 Å². The third kappa shape index (κ3) is 4.28. The van der Waals surface area contributed by atoms with Crippen LogP contribution in [-0.2, 0) is 11.2 Å². The van der Waals surface area contributed by atoms with Gasteiger partial charge in [-0.1, -0.05) is 13.8 Å². The number of aliphatic hydroxyl groups excluding tert-OH is 1. The lowest BCUT2D eigenvalue weighted by Crippen LogP contribution is -2.39. The molecule has 106 valence electrons. The van der Waals surface area contributed by atoms with Gasteiger partial charge in [0.15, 0.2) is 0 Å². The van der Waals surface area contributed by atoms with Crippen molar-refractivity contribution in [1.29, 1.82) is 0 Å². The van der Waals surface area contributed by atoms with Crippen LogP contribution in [0, 0.1) is 0 Å². The Labute approximate surface area is 118 Å². The smallest absolute Gasteiger partial charge is 0.226 e. The number of carbonyl (C=O) groups excluding carboxylic acids is 1. The number of rotatable bonds is 4. The molecule has 1 saturated carbocycles. The lowest BCUT2D eigenvalue weighted by atomic mass is 9.93. The van der Waals surface area contributed by atoms with E-state index in [4.69, 9.17) is 0 Å². The normalized spacial score (nSPS) is 23.6. The number of aliphatic hydroxyl groups is 1. The quantitative estimate of drug-likeness (QED) is 0.890.